The molecule has 126 valence electrons. The van der Waals surface area contributed by atoms with E-state index in [1.165, 1.54) is 4.70 Å². The molecule has 1 saturated heterocycles. The number of halogens is 1. The Bertz CT molecular complexity index is 803. The van der Waals surface area contributed by atoms with E-state index in [0.717, 1.165) is 28.2 Å². The maximum Gasteiger partial charge on any atom is 0.205 e. The molecule has 0 amide bonds. The Morgan fingerprint density at radius 3 is 2.62 bits per heavy atom. The molecule has 1 N–H and O–H groups in total. The highest BCUT2D eigenvalue weighted by atomic mass is 79.9. The average molecular weight is 407 g/mol. The van der Waals surface area contributed by atoms with E-state index < -0.39 is 5.79 Å². The number of nitrogens with zero attached hydrogens (tertiary/aromatic N) is 2. The van der Waals surface area contributed by atoms with Crippen LogP contribution in [0.4, 0.5) is 0 Å². The van der Waals surface area contributed by atoms with E-state index in [2.05, 4.69) is 16.0 Å². The Morgan fingerprint density at radius 1 is 1.17 bits per heavy atom. The summed E-state index contributed by atoms with van der Waals surface area (Å²) in [5.74, 6) is -1.22. The average Bonchev–Trinajstić information content (AvgIpc) is 2.99. The van der Waals surface area contributed by atoms with Crippen LogP contribution < -0.4 is 0 Å². The van der Waals surface area contributed by atoms with Gasteiger partial charge in [-0.1, -0.05) is 36.4 Å². The van der Waals surface area contributed by atoms with Gasteiger partial charge in [0.2, 0.25) is 5.79 Å². The van der Waals surface area contributed by atoms with E-state index >= 15 is 0 Å². The van der Waals surface area contributed by atoms with E-state index in [-0.39, 0.29) is 17.0 Å². The summed E-state index contributed by atoms with van der Waals surface area (Å²) in [6.07, 6.45) is 0. The number of benzene rings is 2. The minimum Gasteiger partial charge on any atom is -0.361 e. The van der Waals surface area contributed by atoms with Crippen molar-refractivity contribution in [1.82, 2.24) is 9.88 Å². The third-order valence-corrected chi connectivity index (χ3v) is 5.26. The lowest BCUT2D eigenvalue weighted by molar-refractivity contribution is -0.245. The molecule has 1 fully saturated rings. The van der Waals surface area contributed by atoms with Crippen molar-refractivity contribution in [2.45, 2.75) is 5.79 Å². The number of rotatable bonds is 2. The van der Waals surface area contributed by atoms with Crippen LogP contribution in [-0.4, -0.2) is 41.7 Å². The fourth-order valence-electron chi connectivity index (χ4n) is 2.90. The summed E-state index contributed by atoms with van der Waals surface area (Å²) in [6, 6.07) is 16.0. The number of aliphatic hydroxyl groups is 1. The van der Waals surface area contributed by atoms with E-state index in [0.29, 0.717) is 13.2 Å². The van der Waals surface area contributed by atoms with Gasteiger partial charge in [0.25, 0.3) is 0 Å². The molecule has 1 aliphatic heterocycles. The second-order valence-electron chi connectivity index (χ2n) is 5.93. The van der Waals surface area contributed by atoms with Gasteiger partial charge < -0.3 is 9.84 Å². The third kappa shape index (κ3) is 3.25. The molecule has 24 heavy (non-hydrogen) atoms. The Kier molecular flexibility index (Phi) is 5.03. The highest BCUT2D eigenvalue weighted by molar-refractivity contribution is 8.93. The maximum absolute atomic E-state index is 10.7. The Labute approximate surface area is 155 Å². The largest absolute Gasteiger partial charge is 0.361 e. The maximum atomic E-state index is 10.7. The molecule has 4 nitrogen and oxygen atoms in total. The molecule has 0 spiro atoms. The highest BCUT2D eigenvalue weighted by Crippen LogP contribution is 2.32. The van der Waals surface area contributed by atoms with Crippen LogP contribution in [0, 0.1) is 0 Å². The first kappa shape index (κ1) is 17.5. The molecule has 1 aromatic heterocycles. The van der Waals surface area contributed by atoms with Crippen molar-refractivity contribution < 1.29 is 9.84 Å². The van der Waals surface area contributed by atoms with Gasteiger partial charge in [0.1, 0.15) is 5.01 Å². The van der Waals surface area contributed by atoms with Crippen molar-refractivity contribution in [1.29, 1.82) is 0 Å². The first-order valence-corrected chi connectivity index (χ1v) is 8.47. The summed E-state index contributed by atoms with van der Waals surface area (Å²) in [5, 5.41) is 11.7. The summed E-state index contributed by atoms with van der Waals surface area (Å²) in [4.78, 5) is 6.75. The van der Waals surface area contributed by atoms with Gasteiger partial charge >= 0.3 is 0 Å². The highest BCUT2D eigenvalue weighted by Gasteiger charge is 2.34. The van der Waals surface area contributed by atoms with Gasteiger partial charge in [-0.25, -0.2) is 4.98 Å². The predicted molar refractivity (Wildman–Crippen MR) is 103 cm³/mol. The molecule has 2 aromatic carbocycles. The Balaban J connectivity index is 0.00000169. The summed E-state index contributed by atoms with van der Waals surface area (Å²) < 4.78 is 6.80. The van der Waals surface area contributed by atoms with Crippen molar-refractivity contribution in [3.63, 3.8) is 0 Å². The molecular weight excluding hydrogens is 388 g/mol. The Hall–Kier alpha value is -1.31. The summed E-state index contributed by atoms with van der Waals surface area (Å²) in [7, 11) is 1.99. The Morgan fingerprint density at radius 2 is 1.92 bits per heavy atom. The SMILES string of the molecule is Br.CN1CCOC(O)(c2ccc(-c3nc4ccccc4s3)cc2)C1. The second kappa shape index (κ2) is 6.90. The molecule has 1 atom stereocenters. The molecule has 1 aliphatic rings. The van der Waals surface area contributed by atoms with Crippen LogP contribution in [0.25, 0.3) is 20.8 Å². The number of fused-ring (bicyclic) bond motifs is 1. The van der Waals surface area contributed by atoms with Gasteiger partial charge in [-0.15, -0.1) is 28.3 Å². The van der Waals surface area contributed by atoms with Crippen LogP contribution in [0.5, 0.6) is 0 Å². The van der Waals surface area contributed by atoms with Crippen LogP contribution in [0.15, 0.2) is 48.5 Å². The number of thiazole rings is 1. The number of aromatic nitrogens is 1. The zero-order chi connectivity index (χ0) is 15.9. The lowest BCUT2D eigenvalue weighted by Gasteiger charge is -2.37. The number of para-hydroxylation sites is 1. The van der Waals surface area contributed by atoms with Crippen LogP contribution in [0.1, 0.15) is 5.56 Å². The van der Waals surface area contributed by atoms with E-state index in [1.54, 1.807) is 11.3 Å². The topological polar surface area (TPSA) is 45.6 Å². The van der Waals surface area contributed by atoms with Crippen molar-refractivity contribution in [2.24, 2.45) is 0 Å². The van der Waals surface area contributed by atoms with E-state index in [4.69, 9.17) is 4.74 Å². The van der Waals surface area contributed by atoms with E-state index in [1.807, 2.05) is 49.5 Å². The standard InChI is InChI=1S/C18H18N2O2S.BrH/c1-20-10-11-22-18(21,12-20)14-8-6-13(7-9-14)17-19-15-4-2-3-5-16(15)23-17;/h2-9,21H,10-12H2,1H3;1H. The van der Waals surface area contributed by atoms with Crippen molar-refractivity contribution in [3.8, 4) is 10.6 Å². The zero-order valence-corrected chi connectivity index (χ0v) is 15.8. The van der Waals surface area contributed by atoms with Crippen LogP contribution >= 0.6 is 28.3 Å². The molecule has 4 rings (SSSR count). The molecule has 3 aromatic rings. The fourth-order valence-corrected chi connectivity index (χ4v) is 3.88. The molecule has 1 unspecified atom stereocenters. The van der Waals surface area contributed by atoms with E-state index in [9.17, 15) is 5.11 Å². The number of likely N-dealkylation sites (N-methyl/N-ethyl adjacent to an activating group) is 1. The van der Waals surface area contributed by atoms with Gasteiger partial charge in [-0.05, 0) is 19.2 Å². The van der Waals surface area contributed by atoms with Crippen molar-refractivity contribution in [2.75, 3.05) is 26.7 Å². The monoisotopic (exact) mass is 406 g/mol. The normalized spacial score (nSPS) is 21.6. The fraction of sp³-hybridized carbons (Fsp3) is 0.278. The smallest absolute Gasteiger partial charge is 0.205 e. The van der Waals surface area contributed by atoms with Gasteiger partial charge in [0.05, 0.1) is 23.4 Å². The molecule has 6 heteroatoms. The number of β-amino-alcohol motifs (C(OH)–C–C–N with tert-alkyl or cyclic N) is 1. The second-order valence-corrected chi connectivity index (χ2v) is 6.97. The number of hydrogen-bond acceptors (Lipinski definition) is 5. The van der Waals surface area contributed by atoms with Crippen LogP contribution in [-0.2, 0) is 10.5 Å². The minimum atomic E-state index is -1.22. The third-order valence-electron chi connectivity index (χ3n) is 4.17. The van der Waals surface area contributed by atoms with Crippen molar-refractivity contribution in [3.05, 3.63) is 54.1 Å². The molecule has 0 aliphatic carbocycles. The lowest BCUT2D eigenvalue weighted by atomic mass is 10.0. The zero-order valence-electron chi connectivity index (χ0n) is 13.3. The number of ether oxygens (including phenoxy) is 1. The van der Waals surface area contributed by atoms with Gasteiger partial charge in [-0.2, -0.15) is 0 Å². The van der Waals surface area contributed by atoms with Crippen LogP contribution in [0.3, 0.4) is 0 Å². The minimum absolute atomic E-state index is 0. The molecule has 2 heterocycles. The summed E-state index contributed by atoms with van der Waals surface area (Å²) in [6.45, 7) is 1.85. The molecule has 0 radical (unpaired) electrons. The quantitative estimate of drug-likeness (QED) is 0.705. The first-order valence-electron chi connectivity index (χ1n) is 7.65. The molecule has 0 bridgehead atoms. The van der Waals surface area contributed by atoms with Gasteiger partial charge in [0, 0.05) is 17.7 Å². The first-order chi connectivity index (χ1) is 11.1. The number of hydrogen-bond donors (Lipinski definition) is 1. The molecular formula is C18H19BrN2O2S. The number of morpholine rings is 1. The predicted octanol–water partition coefficient (Wildman–Crippen LogP) is 3.65. The lowest BCUT2D eigenvalue weighted by Crippen LogP contribution is -2.48. The van der Waals surface area contributed by atoms with Gasteiger partial charge in [-0.3, -0.25) is 4.90 Å². The van der Waals surface area contributed by atoms with Crippen molar-refractivity contribution >= 4 is 38.5 Å². The molecule has 0 saturated carbocycles. The van der Waals surface area contributed by atoms with Crippen LogP contribution in [0.2, 0.25) is 0 Å². The summed E-state index contributed by atoms with van der Waals surface area (Å²) in [5.41, 5.74) is 2.86. The van der Waals surface area contributed by atoms with Gasteiger partial charge in [0.15, 0.2) is 0 Å². The summed E-state index contributed by atoms with van der Waals surface area (Å²) >= 11 is 1.68.